The SMILES string of the molecule is CCCOc1c2cc(NC(=O)[C@H](Cc3ccccc3)NC(C)=O)cc1Cc1cc(NC(=O)[C@H](Cc3ccccc3)NC(C)=O)cc(c1OCCC)Cc1cc(NC(=O)[C@H](Cc3ccccc3)NC(C)=O)cc(c1OCCC)Cc1cc(NC(=O)[C@H](Cc3ccccc3)NC(C)=O)cc(c1OCCC)C2. The van der Waals surface area contributed by atoms with Crippen LogP contribution in [0.5, 0.6) is 23.0 Å². The highest BCUT2D eigenvalue weighted by Gasteiger charge is 2.30. The fraction of sp³-hybridized carbons (Fsp3) is 0.333. The number of carbonyl (C=O) groups is 8. The Morgan fingerprint density at radius 3 is 0.615 bits per heavy atom. The molecule has 8 amide bonds. The van der Waals surface area contributed by atoms with Crippen molar-refractivity contribution in [3.05, 3.63) is 237 Å². The predicted molar refractivity (Wildman–Crippen MR) is 406 cm³/mol. The molecule has 20 nitrogen and oxygen atoms in total. The van der Waals surface area contributed by atoms with Crippen molar-refractivity contribution >= 4 is 70.0 Å². The lowest BCUT2D eigenvalue weighted by Crippen LogP contribution is -2.44. The smallest absolute Gasteiger partial charge is 0.247 e. The van der Waals surface area contributed by atoms with Crippen LogP contribution in [0.15, 0.2) is 170 Å². The van der Waals surface area contributed by atoms with Gasteiger partial charge in [-0.05, 0) is 96.5 Å². The molecule has 0 radical (unpaired) electrons. The molecule has 0 unspecified atom stereocenters. The molecule has 8 bridgehead atoms. The summed E-state index contributed by atoms with van der Waals surface area (Å²) in [7, 11) is 0. The van der Waals surface area contributed by atoms with Crippen LogP contribution in [0.25, 0.3) is 0 Å². The second-order valence-electron chi connectivity index (χ2n) is 26.3. The molecule has 4 atom stereocenters. The molecule has 8 N–H and O–H groups in total. The molecule has 0 heterocycles. The Bertz CT molecular complexity index is 3660. The molecular weight excluding hydrogens is 1310 g/mol. The summed E-state index contributed by atoms with van der Waals surface area (Å²) in [6.45, 7) is 14.5. The van der Waals surface area contributed by atoms with Gasteiger partial charge in [0, 0.05) is 146 Å². The van der Waals surface area contributed by atoms with Crippen molar-refractivity contribution in [2.45, 2.75) is 157 Å². The number of hydrogen-bond acceptors (Lipinski definition) is 12. The molecule has 0 aromatic heterocycles. The molecule has 104 heavy (non-hydrogen) atoms. The first kappa shape index (κ1) is 76.9. The molecule has 9 rings (SSSR count). The molecular formula is C84H96N8O12. The molecule has 8 aromatic rings. The van der Waals surface area contributed by atoms with Gasteiger partial charge < -0.3 is 61.5 Å². The summed E-state index contributed by atoms with van der Waals surface area (Å²) in [4.78, 5) is 112. The van der Waals surface area contributed by atoms with Crippen LogP contribution in [0.1, 0.15) is 148 Å². The van der Waals surface area contributed by atoms with E-state index in [9.17, 15) is 38.4 Å². The van der Waals surface area contributed by atoms with Gasteiger partial charge in [-0.2, -0.15) is 0 Å². The van der Waals surface area contributed by atoms with E-state index in [4.69, 9.17) is 18.9 Å². The highest BCUT2D eigenvalue weighted by Crippen LogP contribution is 2.43. The van der Waals surface area contributed by atoms with Gasteiger partial charge in [-0.1, -0.05) is 149 Å². The van der Waals surface area contributed by atoms with E-state index in [2.05, 4.69) is 42.5 Å². The Morgan fingerprint density at radius 2 is 0.462 bits per heavy atom. The number of carbonyl (C=O) groups excluding carboxylic acids is 8. The number of hydrogen-bond donors (Lipinski definition) is 8. The van der Waals surface area contributed by atoms with Gasteiger partial charge in [-0.15, -0.1) is 0 Å². The van der Waals surface area contributed by atoms with E-state index in [-0.39, 0.29) is 77.8 Å². The van der Waals surface area contributed by atoms with Crippen molar-refractivity contribution in [1.29, 1.82) is 0 Å². The van der Waals surface area contributed by atoms with Crippen LogP contribution in [0.2, 0.25) is 0 Å². The second kappa shape index (κ2) is 38.1. The standard InChI is InChI=1S/C84H96N8O12/c1-9-33-101-77-61-41-63-47-70(90-82(98)74(86-54(6)94)38-58-27-19-14-20-28-58)49-65(78(63)102-34-10-2)43-67-51-72(92-84(100)76(88-56(8)96)40-60-31-23-16-24-32-60)52-68(80(67)104-36-12-4)44-66-50-71(91-83(99)75(87-55(7)95)39-59-29-21-15-22-30-59)48-64(79(66)103-35-11-3)42-62(77)46-69(45-61)89-81(97)73(85-53(5)93)37-57-25-17-13-18-26-57/h13-32,45-52,73-76H,9-12,33-44H2,1-8H3,(H,85,93)(H,86,94)(H,87,95)(H,88,96)(H,89,97)(H,90,98)(H,91,99)(H,92,100)/t73-,74-,75-,76-/m0/s1. The third kappa shape index (κ3) is 22.4. The molecule has 0 aliphatic heterocycles. The highest BCUT2D eigenvalue weighted by molar-refractivity contribution is 6.00. The maximum atomic E-state index is 15.0. The average molecular weight is 1410 g/mol. The van der Waals surface area contributed by atoms with Gasteiger partial charge in [0.15, 0.2) is 0 Å². The fourth-order valence-corrected chi connectivity index (χ4v) is 12.9. The third-order valence-electron chi connectivity index (χ3n) is 17.3. The lowest BCUT2D eigenvalue weighted by atomic mass is 9.90. The molecule has 1 aliphatic carbocycles. The zero-order chi connectivity index (χ0) is 74.1. The van der Waals surface area contributed by atoms with Crippen LogP contribution < -0.4 is 61.5 Å². The molecule has 544 valence electrons. The van der Waals surface area contributed by atoms with E-state index in [0.717, 1.165) is 22.3 Å². The lowest BCUT2D eigenvalue weighted by Gasteiger charge is -2.26. The van der Waals surface area contributed by atoms with E-state index in [1.54, 1.807) is 0 Å². The second-order valence-corrected chi connectivity index (χ2v) is 26.3. The number of amides is 8. The minimum atomic E-state index is -1.01. The topological polar surface area (TPSA) is 270 Å². The van der Waals surface area contributed by atoms with Crippen LogP contribution in [0, 0.1) is 0 Å². The van der Waals surface area contributed by atoms with E-state index in [1.807, 2.05) is 198 Å². The average Bonchev–Trinajstić information content (AvgIpc) is 0.796. The monoisotopic (exact) mass is 1410 g/mol. The molecule has 0 saturated heterocycles. The number of benzene rings is 8. The molecule has 8 aromatic carbocycles. The highest BCUT2D eigenvalue weighted by atomic mass is 16.5. The van der Waals surface area contributed by atoms with Crippen molar-refractivity contribution in [3.63, 3.8) is 0 Å². The Hall–Kier alpha value is -11.3. The first-order valence-electron chi connectivity index (χ1n) is 35.9. The Kier molecular flexibility index (Phi) is 28.2. The lowest BCUT2D eigenvalue weighted by molar-refractivity contribution is -0.125. The number of rotatable bonds is 32. The van der Waals surface area contributed by atoms with E-state index in [1.165, 1.54) is 27.7 Å². The molecule has 1 aliphatic rings. The summed E-state index contributed by atoms with van der Waals surface area (Å²) >= 11 is 0. The van der Waals surface area contributed by atoms with Crippen LogP contribution in [-0.2, 0) is 89.7 Å². The van der Waals surface area contributed by atoms with Crippen molar-refractivity contribution in [3.8, 4) is 23.0 Å². The van der Waals surface area contributed by atoms with Gasteiger partial charge in [-0.3, -0.25) is 38.4 Å². The third-order valence-corrected chi connectivity index (χ3v) is 17.3. The van der Waals surface area contributed by atoms with Crippen molar-refractivity contribution in [2.24, 2.45) is 0 Å². The fourth-order valence-electron chi connectivity index (χ4n) is 12.9. The normalized spacial score (nSPS) is 12.7. The van der Waals surface area contributed by atoms with Crippen LogP contribution in [0.3, 0.4) is 0 Å². The Balaban J connectivity index is 1.34. The van der Waals surface area contributed by atoms with E-state index >= 15 is 0 Å². The van der Waals surface area contributed by atoms with Crippen LogP contribution >= 0.6 is 0 Å². The molecule has 0 spiro atoms. The van der Waals surface area contributed by atoms with E-state index in [0.29, 0.717) is 116 Å². The maximum absolute atomic E-state index is 15.0. The number of ether oxygens (including phenoxy) is 4. The van der Waals surface area contributed by atoms with Crippen molar-refractivity contribution in [1.82, 2.24) is 21.3 Å². The van der Waals surface area contributed by atoms with Gasteiger partial charge in [-0.25, -0.2) is 0 Å². The van der Waals surface area contributed by atoms with Gasteiger partial charge in [0.25, 0.3) is 0 Å². The maximum Gasteiger partial charge on any atom is 0.247 e. The summed E-state index contributed by atoms with van der Waals surface area (Å²) in [6, 6.07) is 48.3. The predicted octanol–water partition coefficient (Wildman–Crippen LogP) is 12.3. The zero-order valence-corrected chi connectivity index (χ0v) is 60.7. The summed E-state index contributed by atoms with van der Waals surface area (Å²) in [5.41, 5.74) is 9.48. The minimum Gasteiger partial charge on any atom is -0.493 e. The quantitative estimate of drug-likeness (QED) is 0.0196. The molecule has 0 saturated carbocycles. The summed E-state index contributed by atoms with van der Waals surface area (Å²) < 4.78 is 27.9. The first-order chi connectivity index (χ1) is 50.3. The Labute approximate surface area is 609 Å². The number of fused-ring (bicyclic) bond motifs is 8. The molecule has 20 heteroatoms. The van der Waals surface area contributed by atoms with Gasteiger partial charge in [0.1, 0.15) is 47.2 Å². The van der Waals surface area contributed by atoms with Crippen LogP contribution in [0.4, 0.5) is 22.7 Å². The van der Waals surface area contributed by atoms with Gasteiger partial charge >= 0.3 is 0 Å². The number of anilines is 4. The largest absolute Gasteiger partial charge is 0.493 e. The van der Waals surface area contributed by atoms with Crippen molar-refractivity contribution < 1.29 is 57.3 Å². The first-order valence-corrected chi connectivity index (χ1v) is 35.9. The summed E-state index contributed by atoms with van der Waals surface area (Å²) in [6.07, 6.45) is 3.35. The van der Waals surface area contributed by atoms with Crippen LogP contribution in [-0.4, -0.2) is 97.9 Å². The van der Waals surface area contributed by atoms with Gasteiger partial charge in [0.2, 0.25) is 47.3 Å². The van der Waals surface area contributed by atoms with Gasteiger partial charge in [0.05, 0.1) is 26.4 Å². The van der Waals surface area contributed by atoms with Crippen molar-refractivity contribution in [2.75, 3.05) is 47.7 Å². The summed E-state index contributed by atoms with van der Waals surface area (Å²) in [5.74, 6) is -1.67. The Morgan fingerprint density at radius 1 is 0.288 bits per heavy atom. The molecule has 0 fully saturated rings. The minimum absolute atomic E-state index is 0.0583. The summed E-state index contributed by atoms with van der Waals surface area (Å²) in [5, 5.41) is 24.3. The number of nitrogens with one attached hydrogen (secondary N) is 8. The zero-order valence-electron chi connectivity index (χ0n) is 60.7. The van der Waals surface area contributed by atoms with E-state index < -0.39 is 71.4 Å².